The van der Waals surface area contributed by atoms with E-state index in [9.17, 15) is 18.8 Å². The number of ether oxygens (including phenoxy) is 2. The fraction of sp³-hybridized carbons (Fsp3) is 0.417. The Morgan fingerprint density at radius 2 is 1.92 bits per heavy atom. The highest BCUT2D eigenvalue weighted by Crippen LogP contribution is 2.37. The number of benzene rings is 2. The molecule has 0 saturated carbocycles. The summed E-state index contributed by atoms with van der Waals surface area (Å²) in [5, 5.41) is 8.94. The number of hydrogen-bond acceptors (Lipinski definition) is 10. The number of fused-ring (bicyclic) bond motifs is 1. The Kier molecular flexibility index (Phi) is 11.1. The molecule has 2 aromatic carbocycles. The molecule has 6 rings (SSSR count). The van der Waals surface area contributed by atoms with Crippen molar-refractivity contribution in [3.8, 4) is 0 Å². The van der Waals surface area contributed by atoms with E-state index < -0.39 is 23.4 Å². The maximum absolute atomic E-state index is 14.0. The summed E-state index contributed by atoms with van der Waals surface area (Å²) < 4.78 is 24.4. The lowest BCUT2D eigenvalue weighted by Crippen LogP contribution is -2.53. The molecule has 12 nitrogen and oxygen atoms in total. The number of methoxy groups -OCH3 is 2. The number of rotatable bonds is 12. The first-order valence-electron chi connectivity index (χ1n) is 16.7. The minimum atomic E-state index is -0.856. The fourth-order valence-corrected chi connectivity index (χ4v) is 7.62. The van der Waals surface area contributed by atoms with Crippen LogP contribution in [0, 0.1) is 5.82 Å². The zero-order valence-electron chi connectivity index (χ0n) is 28.9. The standard InChI is InChI=1S/C36H41ClFN7O5S/c1-36(2,21-49-3)42-29(46)12-7-22-5-9-24(10-6-22)45-19-25-18-43(14-15-44(25)35(45)48)20-28-30(34(47)50-4)31(26-11-8-23(38)17-27(26)37)41-32(40-28)33-39-13-16-51-33/h5-6,8-11,13,16-17,25,31H,7,12,14-15,18-21H2,1-4H3,(H,40,41)(H,42,46)/t25-,31-/m0/s1. The van der Waals surface area contributed by atoms with Gasteiger partial charge in [0.2, 0.25) is 5.91 Å². The molecule has 0 radical (unpaired) electrons. The zero-order chi connectivity index (χ0) is 36.3. The predicted octanol–water partition coefficient (Wildman–Crippen LogP) is 4.55. The average Bonchev–Trinajstić information content (AvgIpc) is 3.75. The van der Waals surface area contributed by atoms with Crippen LogP contribution in [0.15, 0.2) is 70.3 Å². The molecule has 3 amide bonds. The van der Waals surface area contributed by atoms with Crippen molar-refractivity contribution < 1.29 is 28.2 Å². The third-order valence-electron chi connectivity index (χ3n) is 9.11. The minimum absolute atomic E-state index is 0.0448. The molecule has 2 atom stereocenters. The number of aliphatic imine (C=N–C) groups is 1. The Labute approximate surface area is 305 Å². The number of halogens is 2. The number of thiazole rings is 1. The molecular weight excluding hydrogens is 697 g/mol. The van der Waals surface area contributed by atoms with Crippen LogP contribution in [0.3, 0.4) is 0 Å². The lowest BCUT2D eigenvalue weighted by molar-refractivity contribution is -0.136. The van der Waals surface area contributed by atoms with Crippen LogP contribution in [0.5, 0.6) is 0 Å². The van der Waals surface area contributed by atoms with Gasteiger partial charge in [-0.25, -0.2) is 19.0 Å². The fourth-order valence-electron chi connectivity index (χ4n) is 6.76. The van der Waals surface area contributed by atoms with Crippen molar-refractivity contribution >= 4 is 52.4 Å². The monoisotopic (exact) mass is 737 g/mol. The second kappa shape index (κ2) is 15.5. The lowest BCUT2D eigenvalue weighted by atomic mass is 9.95. The SMILES string of the molecule is COCC(C)(C)NC(=O)CCc1ccc(N2C[C@@H]3CN(CC4=C(C(=O)OC)[C@H](c5ccc(F)cc5Cl)N=C(c5nccs5)N4)CCN3C2=O)cc1. The van der Waals surface area contributed by atoms with Crippen LogP contribution in [0.1, 0.15) is 42.4 Å². The molecular formula is C36H41ClFN7O5S. The molecule has 270 valence electrons. The van der Waals surface area contributed by atoms with E-state index in [4.69, 9.17) is 26.1 Å². The number of amidine groups is 1. The first kappa shape index (κ1) is 36.4. The van der Waals surface area contributed by atoms with E-state index in [0.717, 1.165) is 11.3 Å². The van der Waals surface area contributed by atoms with Gasteiger partial charge in [0.1, 0.15) is 11.9 Å². The van der Waals surface area contributed by atoms with Gasteiger partial charge < -0.3 is 25.0 Å². The summed E-state index contributed by atoms with van der Waals surface area (Å²) in [5.41, 5.74) is 2.67. The smallest absolute Gasteiger partial charge is 0.338 e. The summed E-state index contributed by atoms with van der Waals surface area (Å²) in [7, 11) is 2.92. The summed E-state index contributed by atoms with van der Waals surface area (Å²) in [6.07, 6.45) is 2.59. The number of esters is 1. The average molecular weight is 738 g/mol. The molecule has 2 N–H and O–H groups in total. The van der Waals surface area contributed by atoms with Crippen molar-refractivity contribution in [3.63, 3.8) is 0 Å². The molecule has 1 aromatic heterocycles. The van der Waals surface area contributed by atoms with E-state index in [-0.39, 0.29) is 28.6 Å². The number of anilines is 1. The second-order valence-corrected chi connectivity index (χ2v) is 14.7. The van der Waals surface area contributed by atoms with E-state index in [1.54, 1.807) is 18.2 Å². The summed E-state index contributed by atoms with van der Waals surface area (Å²) in [6.45, 7) is 6.76. The van der Waals surface area contributed by atoms with Crippen LogP contribution < -0.4 is 15.5 Å². The van der Waals surface area contributed by atoms with Gasteiger partial charge in [0.25, 0.3) is 0 Å². The third-order valence-corrected chi connectivity index (χ3v) is 10.2. The highest BCUT2D eigenvalue weighted by Gasteiger charge is 2.42. The van der Waals surface area contributed by atoms with Crippen molar-refractivity contribution in [1.29, 1.82) is 0 Å². The van der Waals surface area contributed by atoms with Crippen LogP contribution in [0.25, 0.3) is 0 Å². The van der Waals surface area contributed by atoms with Crippen LogP contribution in [-0.4, -0.2) is 104 Å². The van der Waals surface area contributed by atoms with Crippen molar-refractivity contribution in [2.75, 3.05) is 58.5 Å². The van der Waals surface area contributed by atoms with Gasteiger partial charge in [-0.3, -0.25) is 19.6 Å². The number of nitrogens with one attached hydrogen (secondary N) is 2. The van der Waals surface area contributed by atoms with Gasteiger partial charge in [0.15, 0.2) is 10.8 Å². The molecule has 0 unspecified atom stereocenters. The van der Waals surface area contributed by atoms with Crippen molar-refractivity contribution in [1.82, 2.24) is 25.4 Å². The highest BCUT2D eigenvalue weighted by molar-refractivity contribution is 7.11. The van der Waals surface area contributed by atoms with Gasteiger partial charge in [-0.05, 0) is 50.1 Å². The van der Waals surface area contributed by atoms with E-state index in [2.05, 4.69) is 20.5 Å². The molecule has 3 aliphatic rings. The molecule has 51 heavy (non-hydrogen) atoms. The highest BCUT2D eigenvalue weighted by atomic mass is 35.5. The maximum atomic E-state index is 14.0. The van der Waals surface area contributed by atoms with Gasteiger partial charge >= 0.3 is 12.0 Å². The Morgan fingerprint density at radius 3 is 2.61 bits per heavy atom. The van der Waals surface area contributed by atoms with E-state index >= 15 is 0 Å². The molecule has 0 bridgehead atoms. The Hall–Kier alpha value is -4.37. The first-order chi connectivity index (χ1) is 24.5. The lowest BCUT2D eigenvalue weighted by Gasteiger charge is -2.38. The number of piperazine rings is 1. The van der Waals surface area contributed by atoms with E-state index in [1.165, 1.54) is 36.6 Å². The van der Waals surface area contributed by atoms with Crippen LogP contribution in [0.4, 0.5) is 14.9 Å². The third kappa shape index (κ3) is 8.25. The topological polar surface area (TPSA) is 129 Å². The number of aryl methyl sites for hydroxylation is 1. The number of carbonyl (C=O) groups is 3. The molecule has 0 aliphatic carbocycles. The Bertz CT molecular complexity index is 1840. The quantitative estimate of drug-likeness (QED) is 0.259. The summed E-state index contributed by atoms with van der Waals surface area (Å²) in [6, 6.07) is 10.8. The number of amides is 3. The Balaban J connectivity index is 1.16. The molecule has 0 spiro atoms. The summed E-state index contributed by atoms with van der Waals surface area (Å²) in [5.74, 6) is -0.651. The molecule has 2 fully saturated rings. The second-order valence-electron chi connectivity index (χ2n) is 13.4. The van der Waals surface area contributed by atoms with Crippen molar-refractivity contribution in [2.24, 2.45) is 4.99 Å². The number of nitrogens with zero attached hydrogens (tertiary/aromatic N) is 5. The van der Waals surface area contributed by atoms with Gasteiger partial charge in [-0.2, -0.15) is 0 Å². The largest absolute Gasteiger partial charge is 0.466 e. The van der Waals surface area contributed by atoms with Crippen molar-refractivity contribution in [3.05, 3.63) is 92.3 Å². The number of hydrogen-bond donors (Lipinski definition) is 2. The first-order valence-corrected chi connectivity index (χ1v) is 17.9. The summed E-state index contributed by atoms with van der Waals surface area (Å²) >= 11 is 7.90. The molecule has 3 aliphatic heterocycles. The van der Waals surface area contributed by atoms with E-state index in [0.29, 0.717) is 74.3 Å². The summed E-state index contributed by atoms with van der Waals surface area (Å²) in [4.78, 5) is 54.5. The van der Waals surface area contributed by atoms with Crippen LogP contribution >= 0.6 is 22.9 Å². The normalized spacial score (nSPS) is 19.5. The predicted molar refractivity (Wildman–Crippen MR) is 194 cm³/mol. The van der Waals surface area contributed by atoms with Gasteiger partial charge in [0, 0.05) is 79.8 Å². The number of aromatic nitrogens is 1. The number of carbonyl (C=O) groups excluding carboxylic acids is 3. The van der Waals surface area contributed by atoms with Gasteiger partial charge in [-0.1, -0.05) is 29.8 Å². The molecule has 15 heteroatoms. The van der Waals surface area contributed by atoms with Crippen LogP contribution in [0.2, 0.25) is 5.02 Å². The zero-order valence-corrected chi connectivity index (χ0v) is 30.5. The van der Waals surface area contributed by atoms with E-state index in [1.807, 2.05) is 48.4 Å². The minimum Gasteiger partial charge on any atom is -0.466 e. The van der Waals surface area contributed by atoms with Crippen LogP contribution in [-0.2, 0) is 25.5 Å². The maximum Gasteiger partial charge on any atom is 0.338 e. The van der Waals surface area contributed by atoms with Gasteiger partial charge in [-0.15, -0.1) is 11.3 Å². The Morgan fingerprint density at radius 1 is 1.14 bits per heavy atom. The molecule has 3 aromatic rings. The molecule has 2 saturated heterocycles. The molecule has 4 heterocycles. The van der Waals surface area contributed by atoms with Crippen molar-refractivity contribution in [2.45, 2.75) is 44.3 Å². The number of urea groups is 1. The van der Waals surface area contributed by atoms with Gasteiger partial charge in [0.05, 0.1) is 30.9 Å².